The van der Waals surface area contributed by atoms with E-state index >= 15 is 0 Å². The predicted molar refractivity (Wildman–Crippen MR) is 79.0 cm³/mol. The van der Waals surface area contributed by atoms with Gasteiger partial charge in [-0.05, 0) is 5.41 Å². The van der Waals surface area contributed by atoms with Crippen molar-refractivity contribution in [3.8, 4) is 0 Å². The molecule has 1 fully saturated rings. The summed E-state index contributed by atoms with van der Waals surface area (Å²) in [4.78, 5) is 0. The number of ether oxygens (including phenoxy) is 1. The Morgan fingerprint density at radius 1 is 1.18 bits per heavy atom. The summed E-state index contributed by atoms with van der Waals surface area (Å²) in [5, 5.41) is 19.5. The van der Waals surface area contributed by atoms with E-state index in [-0.39, 0.29) is 18.1 Å². The first-order chi connectivity index (χ1) is 7.86. The van der Waals surface area contributed by atoms with Crippen molar-refractivity contribution >= 4 is 46.0 Å². The fraction of sp³-hybridized carbons (Fsp3) is 1.00. The molecular weight excluding hydrogens is 454 g/mol. The van der Waals surface area contributed by atoms with E-state index in [0.29, 0.717) is 0 Å². The van der Waals surface area contributed by atoms with Crippen LogP contribution in [0.5, 0.6) is 0 Å². The summed E-state index contributed by atoms with van der Waals surface area (Å²) in [5.74, 6) is 0. The van der Waals surface area contributed by atoms with Gasteiger partial charge in [0.25, 0.3) is 0 Å². The Kier molecular flexibility index (Phi) is 6.35. The zero-order chi connectivity index (χ0) is 13.2. The molecule has 0 spiro atoms. The molecule has 0 amide bonds. The first-order valence-corrected chi connectivity index (χ1v) is 7.12. The van der Waals surface area contributed by atoms with E-state index in [4.69, 9.17) is 10.9 Å². The lowest BCUT2D eigenvalue weighted by Gasteiger charge is -2.46. The van der Waals surface area contributed by atoms with Crippen LogP contribution in [0.25, 0.3) is 0 Å². The Balaban J connectivity index is 2.94. The van der Waals surface area contributed by atoms with Crippen LogP contribution in [0.4, 0.5) is 0 Å². The van der Waals surface area contributed by atoms with Gasteiger partial charge in [0.15, 0.2) is 0 Å². The van der Waals surface area contributed by atoms with Crippen LogP contribution in [-0.2, 0) is 10.9 Å². The maximum absolute atomic E-state index is 10.2. The molecule has 5 nitrogen and oxygen atoms in total. The van der Waals surface area contributed by atoms with Crippen LogP contribution < -0.4 is 0 Å². The van der Waals surface area contributed by atoms with Gasteiger partial charge in [-0.25, -0.2) is 0 Å². The number of rotatable bonds is 3. The topological polar surface area (TPSA) is 68.2 Å². The molecule has 1 aliphatic rings. The van der Waals surface area contributed by atoms with Gasteiger partial charge in [0.1, 0.15) is 70.4 Å². The average molecular weight is 472 g/mol. The molecule has 0 aromatic carbocycles. The van der Waals surface area contributed by atoms with E-state index < -0.39 is 24.4 Å². The minimum Gasteiger partial charge on any atom is -0.394 e. The zero-order valence-corrected chi connectivity index (χ0v) is 14.3. The van der Waals surface area contributed by atoms with Gasteiger partial charge in [0.2, 0.25) is 0 Å². The van der Waals surface area contributed by atoms with Gasteiger partial charge in [-0.2, -0.15) is 0 Å². The van der Waals surface area contributed by atoms with E-state index in [9.17, 15) is 10.2 Å². The quantitative estimate of drug-likeness (QED) is 0.612. The van der Waals surface area contributed by atoms with E-state index in [2.05, 4.69) is 0 Å². The Bertz CT molecular complexity index is 245. The molecule has 0 aromatic rings. The van der Waals surface area contributed by atoms with Crippen molar-refractivity contribution in [1.82, 2.24) is 0 Å². The van der Waals surface area contributed by atoms with E-state index in [0.717, 1.165) is 0 Å². The van der Waals surface area contributed by atoms with Crippen molar-refractivity contribution in [1.29, 1.82) is 0 Å². The monoisotopic (exact) mass is 472 g/mol. The van der Waals surface area contributed by atoms with Crippen LogP contribution in [0.3, 0.4) is 0 Å². The van der Waals surface area contributed by atoms with E-state index in [1.807, 2.05) is 20.8 Å². The smallest absolute Gasteiger partial charge is 0.127 e. The second-order valence-corrected chi connectivity index (χ2v) is 6.26. The Hall–Kier alpha value is 1.26. The Labute approximate surface area is 130 Å². The fourth-order valence-corrected chi connectivity index (χ4v) is 3.18. The third kappa shape index (κ3) is 3.63. The molecule has 17 heavy (non-hydrogen) atoms. The molecule has 5 unspecified atom stereocenters. The lowest BCUT2D eigenvalue weighted by Crippen LogP contribution is -2.61. The normalized spacial score (nSPS) is 39.4. The zero-order valence-electron chi connectivity index (χ0n) is 9.97. The third-order valence-corrected chi connectivity index (χ3v) is 4.07. The highest BCUT2D eigenvalue weighted by Crippen LogP contribution is 2.36. The molecule has 1 rings (SSSR count). The number of aliphatic hydroxyl groups excluding tert-OH is 2. The van der Waals surface area contributed by atoms with Gasteiger partial charge in [-0.3, -0.25) is 0 Å². The largest absolute Gasteiger partial charge is 0.394 e. The molecule has 0 radical (unpaired) electrons. The Morgan fingerprint density at radius 3 is 2.06 bits per heavy atom. The summed E-state index contributed by atoms with van der Waals surface area (Å²) in [5.41, 5.74) is -0.194. The fourth-order valence-electron chi connectivity index (χ4n) is 1.98. The molecule has 7 heteroatoms. The van der Waals surface area contributed by atoms with Crippen LogP contribution in [0.2, 0.25) is 0 Å². The minimum absolute atomic E-state index is 0.189. The SMILES string of the molecule is CC(C)(C)C1OC(CO)C(OI)C(O)C1OI. The summed E-state index contributed by atoms with van der Waals surface area (Å²) < 4.78 is 16.3. The van der Waals surface area contributed by atoms with Crippen molar-refractivity contribution in [2.24, 2.45) is 5.41 Å². The van der Waals surface area contributed by atoms with Gasteiger partial charge in [-0.15, -0.1) is 0 Å². The van der Waals surface area contributed by atoms with E-state index in [1.54, 1.807) is 46.0 Å². The number of halogens is 2. The molecule has 1 heterocycles. The van der Waals surface area contributed by atoms with Crippen molar-refractivity contribution in [3.05, 3.63) is 0 Å². The second kappa shape index (κ2) is 6.62. The second-order valence-electron chi connectivity index (χ2n) is 5.24. The summed E-state index contributed by atoms with van der Waals surface area (Å²) >= 11 is 3.47. The highest BCUT2D eigenvalue weighted by Gasteiger charge is 2.50. The third-order valence-electron chi connectivity index (χ3n) is 2.90. The Morgan fingerprint density at radius 2 is 1.71 bits per heavy atom. The molecule has 0 aliphatic carbocycles. The van der Waals surface area contributed by atoms with Gasteiger partial charge < -0.3 is 21.1 Å². The molecular formula is C10H18I2O5. The van der Waals surface area contributed by atoms with Crippen LogP contribution in [0.1, 0.15) is 20.8 Å². The van der Waals surface area contributed by atoms with Gasteiger partial charge in [0.05, 0.1) is 12.7 Å². The van der Waals surface area contributed by atoms with Crippen molar-refractivity contribution in [3.63, 3.8) is 0 Å². The first-order valence-electron chi connectivity index (χ1n) is 5.36. The summed E-state index contributed by atoms with van der Waals surface area (Å²) in [6.45, 7) is 5.83. The highest BCUT2D eigenvalue weighted by molar-refractivity contribution is 14.1. The molecule has 5 atom stereocenters. The van der Waals surface area contributed by atoms with Gasteiger partial charge in [-0.1, -0.05) is 20.8 Å². The lowest BCUT2D eigenvalue weighted by atomic mass is 9.80. The van der Waals surface area contributed by atoms with Crippen LogP contribution in [-0.4, -0.2) is 47.3 Å². The molecule has 0 saturated carbocycles. The highest BCUT2D eigenvalue weighted by atomic mass is 127. The minimum atomic E-state index is -0.820. The molecule has 1 saturated heterocycles. The van der Waals surface area contributed by atoms with Crippen molar-refractivity contribution < 1.29 is 21.1 Å². The van der Waals surface area contributed by atoms with Crippen molar-refractivity contribution in [2.45, 2.75) is 51.3 Å². The van der Waals surface area contributed by atoms with Crippen molar-refractivity contribution in [2.75, 3.05) is 6.61 Å². The standard InChI is InChI=1S/C10H18I2O5/c1-10(2,3)9-8(17-12)6(14)7(16-11)5(4-13)15-9/h5-9,13-14H,4H2,1-3H3. The summed E-state index contributed by atoms with van der Waals surface area (Å²) in [6.07, 6.45) is -2.71. The molecule has 2 N–H and O–H groups in total. The molecule has 0 bridgehead atoms. The summed E-state index contributed by atoms with van der Waals surface area (Å²) in [7, 11) is 0. The number of hydrogen-bond acceptors (Lipinski definition) is 5. The maximum Gasteiger partial charge on any atom is 0.127 e. The summed E-state index contributed by atoms with van der Waals surface area (Å²) in [6, 6.07) is 0. The van der Waals surface area contributed by atoms with Crippen LogP contribution >= 0.6 is 46.0 Å². The van der Waals surface area contributed by atoms with Gasteiger partial charge >= 0.3 is 0 Å². The average Bonchev–Trinajstić information content (AvgIpc) is 2.26. The number of hydrogen-bond donors (Lipinski definition) is 2. The predicted octanol–water partition coefficient (Wildman–Crippen LogP) is 1.62. The molecule has 0 aromatic heterocycles. The van der Waals surface area contributed by atoms with Gasteiger partial charge in [0, 0.05) is 0 Å². The molecule has 102 valence electrons. The van der Waals surface area contributed by atoms with E-state index in [1.165, 1.54) is 0 Å². The van der Waals surface area contributed by atoms with Crippen LogP contribution in [0.15, 0.2) is 0 Å². The first kappa shape index (κ1) is 16.3. The molecule has 1 aliphatic heterocycles. The lowest BCUT2D eigenvalue weighted by molar-refractivity contribution is -0.226. The van der Waals surface area contributed by atoms with Crippen LogP contribution in [0, 0.1) is 5.41 Å². The maximum atomic E-state index is 10.2. The number of aliphatic hydroxyl groups is 2.